The summed E-state index contributed by atoms with van der Waals surface area (Å²) in [5.74, 6) is -0.557. The fraction of sp³-hybridized carbons (Fsp3) is 0.579. The lowest BCUT2D eigenvalue weighted by Gasteiger charge is -2.32. The molecule has 1 saturated heterocycles. The van der Waals surface area contributed by atoms with Gasteiger partial charge in [0.2, 0.25) is 11.8 Å². The van der Waals surface area contributed by atoms with E-state index in [4.69, 9.17) is 5.73 Å². The van der Waals surface area contributed by atoms with Crippen LogP contribution in [0.3, 0.4) is 0 Å². The molecule has 6 nitrogen and oxygen atoms in total. The zero-order chi connectivity index (χ0) is 18.8. The molecule has 25 heavy (non-hydrogen) atoms. The molecule has 1 aliphatic rings. The lowest BCUT2D eigenvalue weighted by Crippen LogP contribution is -2.55. The summed E-state index contributed by atoms with van der Waals surface area (Å²) >= 11 is 0. The Kier molecular flexibility index (Phi) is 5.85. The second kappa shape index (κ2) is 7.54. The van der Waals surface area contributed by atoms with Crippen LogP contribution in [0.15, 0.2) is 30.3 Å². The number of benzene rings is 1. The van der Waals surface area contributed by atoms with E-state index in [0.29, 0.717) is 0 Å². The normalized spacial score (nSPS) is 23.2. The van der Waals surface area contributed by atoms with Crippen molar-refractivity contribution in [1.29, 1.82) is 0 Å². The first-order valence-electron chi connectivity index (χ1n) is 8.70. The van der Waals surface area contributed by atoms with Crippen molar-refractivity contribution in [3.8, 4) is 0 Å². The van der Waals surface area contributed by atoms with Gasteiger partial charge in [-0.2, -0.15) is 0 Å². The van der Waals surface area contributed by atoms with Gasteiger partial charge >= 0.3 is 0 Å². The second-order valence-corrected chi connectivity index (χ2v) is 7.88. The Hall–Kier alpha value is -1.92. The van der Waals surface area contributed by atoms with Crippen molar-refractivity contribution < 1.29 is 14.7 Å². The van der Waals surface area contributed by atoms with Crippen LogP contribution in [0.25, 0.3) is 0 Å². The molecule has 1 fully saturated rings. The van der Waals surface area contributed by atoms with Gasteiger partial charge in [-0.15, -0.1) is 0 Å². The largest absolute Gasteiger partial charge is 0.391 e. The van der Waals surface area contributed by atoms with E-state index in [1.165, 1.54) is 4.90 Å². The highest BCUT2D eigenvalue weighted by atomic mass is 16.3. The smallest absolute Gasteiger partial charge is 0.243 e. The Labute approximate surface area is 149 Å². The zero-order valence-electron chi connectivity index (χ0n) is 15.4. The molecule has 0 saturated carbocycles. The van der Waals surface area contributed by atoms with E-state index in [1.54, 1.807) is 0 Å². The summed E-state index contributed by atoms with van der Waals surface area (Å²) < 4.78 is 0. The van der Waals surface area contributed by atoms with Crippen LogP contribution in [-0.4, -0.2) is 46.6 Å². The first-order chi connectivity index (χ1) is 11.6. The molecule has 138 valence electrons. The number of hydrogen-bond acceptors (Lipinski definition) is 4. The molecule has 4 N–H and O–H groups in total. The molecule has 4 atom stereocenters. The Bertz CT molecular complexity index is 612. The van der Waals surface area contributed by atoms with Crippen LogP contribution in [0, 0.1) is 5.41 Å². The van der Waals surface area contributed by atoms with Crippen LogP contribution in [0.1, 0.15) is 45.7 Å². The predicted molar refractivity (Wildman–Crippen MR) is 96.6 cm³/mol. The summed E-state index contributed by atoms with van der Waals surface area (Å²) in [7, 11) is 0. The summed E-state index contributed by atoms with van der Waals surface area (Å²) in [5.41, 5.74) is 6.64. The topological polar surface area (TPSA) is 95.7 Å². The number of likely N-dealkylation sites (tertiary alicyclic amines) is 1. The lowest BCUT2D eigenvalue weighted by atomic mass is 9.86. The third kappa shape index (κ3) is 4.58. The maximum Gasteiger partial charge on any atom is 0.243 e. The number of nitrogens with zero attached hydrogens (tertiary/aromatic N) is 1. The Morgan fingerprint density at radius 2 is 1.88 bits per heavy atom. The van der Waals surface area contributed by atoms with Crippen LogP contribution in [0.2, 0.25) is 0 Å². The molecule has 2 rings (SSSR count). The van der Waals surface area contributed by atoms with Gasteiger partial charge < -0.3 is 21.1 Å². The predicted octanol–water partition coefficient (Wildman–Crippen LogP) is 1.20. The van der Waals surface area contributed by atoms with Crippen LogP contribution < -0.4 is 11.1 Å². The van der Waals surface area contributed by atoms with Crippen molar-refractivity contribution >= 4 is 11.8 Å². The minimum Gasteiger partial charge on any atom is -0.391 e. The highest BCUT2D eigenvalue weighted by Gasteiger charge is 2.42. The molecule has 0 aliphatic carbocycles. The van der Waals surface area contributed by atoms with Crippen LogP contribution in [0.4, 0.5) is 0 Å². The fourth-order valence-electron chi connectivity index (χ4n) is 2.99. The molecule has 0 aromatic heterocycles. The van der Waals surface area contributed by atoms with Crippen molar-refractivity contribution in [2.24, 2.45) is 11.1 Å². The van der Waals surface area contributed by atoms with E-state index in [-0.39, 0.29) is 30.8 Å². The van der Waals surface area contributed by atoms with Gasteiger partial charge in [-0.25, -0.2) is 0 Å². The number of β-amino-alcohol motifs (C(OH)–C–C–N with tert-alkyl or cyclic N) is 1. The standard InChI is InChI=1S/C19H29N3O3/c1-12(13-8-6-5-7-9-13)21-17(24)15-10-14(23)11-22(15)18(25)16(20)19(2,3)4/h5-9,12,14-16,23H,10-11,20H2,1-4H3,(H,21,24)/t12?,14-,15+,16?/m1/s1. The van der Waals surface area contributed by atoms with Gasteiger partial charge in [0.1, 0.15) is 6.04 Å². The number of carbonyl (C=O) groups excluding carboxylic acids is 2. The maximum atomic E-state index is 12.7. The molecule has 2 unspecified atom stereocenters. The average Bonchev–Trinajstić information content (AvgIpc) is 2.95. The number of hydrogen-bond donors (Lipinski definition) is 3. The third-order valence-electron chi connectivity index (χ3n) is 4.72. The van der Waals surface area contributed by atoms with E-state index >= 15 is 0 Å². The Morgan fingerprint density at radius 1 is 1.28 bits per heavy atom. The van der Waals surface area contributed by atoms with Crippen LogP contribution in [0.5, 0.6) is 0 Å². The van der Waals surface area contributed by atoms with Crippen molar-refractivity contribution in [2.75, 3.05) is 6.54 Å². The molecule has 1 aliphatic heterocycles. The van der Waals surface area contributed by atoms with Crippen molar-refractivity contribution in [1.82, 2.24) is 10.2 Å². The van der Waals surface area contributed by atoms with Gasteiger partial charge in [0.25, 0.3) is 0 Å². The molecule has 6 heteroatoms. The molecule has 1 heterocycles. The number of aliphatic hydroxyl groups excluding tert-OH is 1. The average molecular weight is 347 g/mol. The number of aliphatic hydroxyl groups is 1. The summed E-state index contributed by atoms with van der Waals surface area (Å²) in [6.45, 7) is 7.68. The Balaban J connectivity index is 2.10. The first kappa shape index (κ1) is 19.4. The van der Waals surface area contributed by atoms with E-state index < -0.39 is 23.6 Å². The molecule has 0 spiro atoms. The van der Waals surface area contributed by atoms with Crippen molar-refractivity contribution in [2.45, 2.75) is 58.3 Å². The van der Waals surface area contributed by atoms with Gasteiger partial charge in [0.05, 0.1) is 18.2 Å². The molecular formula is C19H29N3O3. The minimum absolute atomic E-state index is 0.139. The molecular weight excluding hydrogens is 318 g/mol. The summed E-state index contributed by atoms with van der Waals surface area (Å²) in [6.07, 6.45) is -0.477. The lowest BCUT2D eigenvalue weighted by molar-refractivity contribution is -0.141. The summed E-state index contributed by atoms with van der Waals surface area (Å²) in [5, 5.41) is 12.9. The summed E-state index contributed by atoms with van der Waals surface area (Å²) in [4.78, 5) is 26.8. The number of nitrogens with two attached hydrogens (primary N) is 1. The van der Waals surface area contributed by atoms with Gasteiger partial charge in [-0.05, 0) is 17.9 Å². The van der Waals surface area contributed by atoms with E-state index in [1.807, 2.05) is 58.0 Å². The minimum atomic E-state index is -0.723. The highest BCUT2D eigenvalue weighted by Crippen LogP contribution is 2.25. The monoisotopic (exact) mass is 347 g/mol. The van der Waals surface area contributed by atoms with Crippen molar-refractivity contribution in [3.63, 3.8) is 0 Å². The molecule has 0 radical (unpaired) electrons. The Morgan fingerprint density at radius 3 is 2.44 bits per heavy atom. The molecule has 2 amide bonds. The zero-order valence-corrected chi connectivity index (χ0v) is 15.4. The second-order valence-electron chi connectivity index (χ2n) is 7.88. The SMILES string of the molecule is CC(NC(=O)[C@@H]1C[C@@H](O)CN1C(=O)C(N)C(C)(C)C)c1ccccc1. The fourth-order valence-corrected chi connectivity index (χ4v) is 2.99. The van der Waals surface area contributed by atoms with E-state index in [9.17, 15) is 14.7 Å². The van der Waals surface area contributed by atoms with Crippen molar-refractivity contribution in [3.05, 3.63) is 35.9 Å². The maximum absolute atomic E-state index is 12.7. The van der Waals surface area contributed by atoms with E-state index in [2.05, 4.69) is 5.32 Å². The van der Waals surface area contributed by atoms with Gasteiger partial charge in [0.15, 0.2) is 0 Å². The quantitative estimate of drug-likeness (QED) is 0.762. The third-order valence-corrected chi connectivity index (χ3v) is 4.72. The van der Waals surface area contributed by atoms with Crippen LogP contribution >= 0.6 is 0 Å². The van der Waals surface area contributed by atoms with E-state index in [0.717, 1.165) is 5.56 Å². The van der Waals surface area contributed by atoms with Gasteiger partial charge in [0, 0.05) is 13.0 Å². The molecule has 1 aromatic rings. The number of nitrogens with one attached hydrogen (secondary N) is 1. The highest BCUT2D eigenvalue weighted by molar-refractivity contribution is 5.91. The number of rotatable bonds is 4. The van der Waals surface area contributed by atoms with Crippen LogP contribution in [-0.2, 0) is 9.59 Å². The van der Waals surface area contributed by atoms with Gasteiger partial charge in [-0.1, -0.05) is 51.1 Å². The summed E-state index contributed by atoms with van der Waals surface area (Å²) in [6, 6.07) is 8.02. The molecule has 0 bridgehead atoms. The first-order valence-corrected chi connectivity index (χ1v) is 8.70. The number of amides is 2. The van der Waals surface area contributed by atoms with Gasteiger partial charge in [-0.3, -0.25) is 9.59 Å². The molecule has 1 aromatic carbocycles. The number of carbonyl (C=O) groups is 2.